The number of likely N-dealkylation sites (tertiary alicyclic amines) is 1. The number of hydrogen-bond acceptors (Lipinski definition) is 3. The van der Waals surface area contributed by atoms with E-state index in [-0.39, 0.29) is 11.9 Å². The Hall–Kier alpha value is -2.82. The molecule has 2 aromatic carbocycles. The molecule has 1 aliphatic rings. The van der Waals surface area contributed by atoms with Crippen molar-refractivity contribution in [2.24, 2.45) is 0 Å². The summed E-state index contributed by atoms with van der Waals surface area (Å²) in [5, 5.41) is 9.26. The Morgan fingerprint density at radius 2 is 1.80 bits per heavy atom. The van der Waals surface area contributed by atoms with Gasteiger partial charge in [0.2, 0.25) is 5.91 Å². The minimum Gasteiger partial charge on any atom is -0.489 e. The molecule has 1 aliphatic heterocycles. The van der Waals surface area contributed by atoms with Crippen LogP contribution >= 0.6 is 0 Å². The highest BCUT2D eigenvalue weighted by Crippen LogP contribution is 2.23. The molecule has 0 unspecified atom stereocenters. The van der Waals surface area contributed by atoms with Crippen LogP contribution in [0.3, 0.4) is 0 Å². The van der Waals surface area contributed by atoms with Crippen LogP contribution in [-0.4, -0.2) is 28.0 Å². The van der Waals surface area contributed by atoms with Gasteiger partial charge in [-0.15, -0.1) is 0 Å². The Morgan fingerprint density at radius 3 is 2.48 bits per heavy atom. The van der Waals surface area contributed by atoms with Gasteiger partial charge in [-0.1, -0.05) is 42.5 Å². The topological polar surface area (TPSA) is 66.8 Å². The molecule has 1 fully saturated rings. The van der Waals surface area contributed by atoms with E-state index in [4.69, 9.17) is 4.74 Å². The number of piperidine rings is 1. The summed E-state index contributed by atoms with van der Waals surface area (Å²) in [6, 6.07) is 17.3. The van der Waals surface area contributed by atoms with Crippen molar-refractivity contribution in [1.82, 2.24) is 4.90 Å². The number of rotatable bonds is 5. The van der Waals surface area contributed by atoms with Gasteiger partial charge in [0, 0.05) is 12.5 Å². The van der Waals surface area contributed by atoms with Crippen molar-refractivity contribution < 1.29 is 19.4 Å². The fraction of sp³-hybridized carbons (Fsp3) is 0.300. The number of ether oxygens (including phenoxy) is 1. The van der Waals surface area contributed by atoms with E-state index in [1.807, 2.05) is 54.6 Å². The molecule has 3 rings (SSSR count). The average Bonchev–Trinajstić information content (AvgIpc) is 2.62. The third-order valence-corrected chi connectivity index (χ3v) is 4.41. The van der Waals surface area contributed by atoms with E-state index < -0.39 is 6.09 Å². The fourth-order valence-corrected chi connectivity index (χ4v) is 3.13. The molecule has 0 bridgehead atoms. The van der Waals surface area contributed by atoms with Crippen molar-refractivity contribution in [3.63, 3.8) is 0 Å². The molecule has 2 amide bonds. The molecule has 1 heterocycles. The number of hydrogen-bond donors (Lipinski definition) is 1. The molecule has 5 nitrogen and oxygen atoms in total. The fourth-order valence-electron chi connectivity index (χ4n) is 3.13. The summed E-state index contributed by atoms with van der Waals surface area (Å²) in [4.78, 5) is 24.1. The quantitative estimate of drug-likeness (QED) is 0.898. The van der Waals surface area contributed by atoms with Gasteiger partial charge in [0.1, 0.15) is 12.4 Å². The van der Waals surface area contributed by atoms with Gasteiger partial charge >= 0.3 is 6.09 Å². The van der Waals surface area contributed by atoms with E-state index in [1.165, 1.54) is 0 Å². The summed E-state index contributed by atoms with van der Waals surface area (Å²) in [5.74, 6) is 0.467. The van der Waals surface area contributed by atoms with Crippen LogP contribution in [0.4, 0.5) is 4.79 Å². The number of amides is 2. The Morgan fingerprint density at radius 1 is 1.08 bits per heavy atom. The second-order valence-electron chi connectivity index (χ2n) is 6.21. The Balaban J connectivity index is 1.60. The van der Waals surface area contributed by atoms with Crippen molar-refractivity contribution in [3.8, 4) is 5.75 Å². The van der Waals surface area contributed by atoms with Crippen LogP contribution in [0.15, 0.2) is 54.6 Å². The van der Waals surface area contributed by atoms with Crippen LogP contribution in [0.5, 0.6) is 5.75 Å². The van der Waals surface area contributed by atoms with Crippen molar-refractivity contribution in [1.29, 1.82) is 0 Å². The molecule has 1 saturated heterocycles. The highest BCUT2D eigenvalue weighted by atomic mass is 16.5. The van der Waals surface area contributed by atoms with Crippen molar-refractivity contribution in [3.05, 3.63) is 65.7 Å². The summed E-state index contributed by atoms with van der Waals surface area (Å²) >= 11 is 0. The third kappa shape index (κ3) is 4.38. The number of carbonyl (C=O) groups excluding carboxylic acids is 1. The molecule has 1 N–H and O–H groups in total. The minimum absolute atomic E-state index is 0.283. The molecule has 5 heteroatoms. The molecule has 0 saturated carbocycles. The zero-order valence-electron chi connectivity index (χ0n) is 13.9. The Labute approximate surface area is 146 Å². The van der Waals surface area contributed by atoms with E-state index in [0.29, 0.717) is 25.9 Å². The maximum absolute atomic E-state index is 11.8. The van der Waals surface area contributed by atoms with Crippen LogP contribution in [0.2, 0.25) is 0 Å². The molecular formula is C20H21NO4. The lowest BCUT2D eigenvalue weighted by Crippen LogP contribution is -2.47. The predicted octanol–water partition coefficient (Wildman–Crippen LogP) is 3.87. The number of benzene rings is 2. The lowest BCUT2D eigenvalue weighted by molar-refractivity contribution is -0.133. The zero-order chi connectivity index (χ0) is 17.6. The third-order valence-electron chi connectivity index (χ3n) is 4.41. The number of carboxylic acid groups (broad SMARTS) is 1. The molecule has 1 atom stereocenters. The average molecular weight is 339 g/mol. The Bertz CT molecular complexity index is 727. The van der Waals surface area contributed by atoms with Crippen LogP contribution in [0.25, 0.3) is 0 Å². The van der Waals surface area contributed by atoms with Crippen LogP contribution in [-0.2, 0) is 17.8 Å². The predicted molar refractivity (Wildman–Crippen MR) is 93.4 cm³/mol. The first kappa shape index (κ1) is 17.0. The largest absolute Gasteiger partial charge is 0.489 e. The number of nitrogens with zero attached hydrogens (tertiary/aromatic N) is 1. The minimum atomic E-state index is -1.16. The van der Waals surface area contributed by atoms with Gasteiger partial charge in [-0.3, -0.25) is 4.79 Å². The summed E-state index contributed by atoms with van der Waals surface area (Å²) in [6.07, 6.45) is 1.15. The van der Waals surface area contributed by atoms with Crippen molar-refractivity contribution in [2.75, 3.05) is 0 Å². The van der Waals surface area contributed by atoms with Gasteiger partial charge in [0.05, 0.1) is 0 Å². The molecular weight excluding hydrogens is 318 g/mol. The van der Waals surface area contributed by atoms with Crippen LogP contribution in [0.1, 0.15) is 30.4 Å². The smallest absolute Gasteiger partial charge is 0.414 e. The van der Waals surface area contributed by atoms with Crippen LogP contribution in [0, 0.1) is 0 Å². The van der Waals surface area contributed by atoms with Gasteiger partial charge in [0.15, 0.2) is 0 Å². The molecule has 2 aromatic rings. The van der Waals surface area contributed by atoms with Crippen molar-refractivity contribution in [2.45, 2.75) is 38.3 Å². The van der Waals surface area contributed by atoms with E-state index in [9.17, 15) is 14.7 Å². The SMILES string of the molecule is O=C(O)N1C(=O)CCC[C@@H]1Cc1ccc(OCc2ccccc2)cc1. The monoisotopic (exact) mass is 339 g/mol. The van der Waals surface area contributed by atoms with Crippen molar-refractivity contribution >= 4 is 12.0 Å². The second-order valence-corrected chi connectivity index (χ2v) is 6.21. The summed E-state index contributed by atoms with van der Waals surface area (Å²) in [7, 11) is 0. The summed E-state index contributed by atoms with van der Waals surface area (Å²) in [6.45, 7) is 0.504. The molecule has 0 radical (unpaired) electrons. The number of imide groups is 1. The first-order valence-electron chi connectivity index (χ1n) is 8.44. The van der Waals surface area contributed by atoms with E-state index in [0.717, 1.165) is 28.2 Å². The summed E-state index contributed by atoms with van der Waals surface area (Å²) < 4.78 is 5.75. The highest BCUT2D eigenvalue weighted by molar-refractivity contribution is 5.92. The van der Waals surface area contributed by atoms with Gasteiger partial charge in [-0.25, -0.2) is 9.69 Å². The highest BCUT2D eigenvalue weighted by Gasteiger charge is 2.32. The first-order valence-corrected chi connectivity index (χ1v) is 8.44. The standard InChI is InChI=1S/C20H21NO4/c22-19-8-4-7-17(21(19)20(23)24)13-15-9-11-18(12-10-15)25-14-16-5-2-1-3-6-16/h1-3,5-6,9-12,17H,4,7-8,13-14H2,(H,23,24)/t17-/m1/s1. The normalized spacial score (nSPS) is 17.4. The first-order chi connectivity index (χ1) is 12.1. The maximum atomic E-state index is 11.8. The summed E-state index contributed by atoms with van der Waals surface area (Å²) in [5.41, 5.74) is 2.10. The number of carbonyl (C=O) groups is 2. The van der Waals surface area contributed by atoms with Gasteiger partial charge in [-0.05, 0) is 42.5 Å². The Kier molecular flexibility index (Phi) is 5.33. The van der Waals surface area contributed by atoms with E-state index in [1.54, 1.807) is 0 Å². The van der Waals surface area contributed by atoms with Gasteiger partial charge in [-0.2, -0.15) is 0 Å². The maximum Gasteiger partial charge on any atom is 0.414 e. The molecule has 130 valence electrons. The van der Waals surface area contributed by atoms with E-state index >= 15 is 0 Å². The van der Waals surface area contributed by atoms with Crippen LogP contribution < -0.4 is 4.74 Å². The molecule has 0 aromatic heterocycles. The molecule has 25 heavy (non-hydrogen) atoms. The van der Waals surface area contributed by atoms with E-state index in [2.05, 4.69) is 0 Å². The lowest BCUT2D eigenvalue weighted by Gasteiger charge is -2.31. The lowest BCUT2D eigenvalue weighted by atomic mass is 9.95. The second kappa shape index (κ2) is 7.83. The zero-order valence-corrected chi connectivity index (χ0v) is 13.9. The van der Waals surface area contributed by atoms with Gasteiger partial charge < -0.3 is 9.84 Å². The molecule has 0 aliphatic carbocycles. The molecule has 0 spiro atoms. The van der Waals surface area contributed by atoms with Gasteiger partial charge in [0.25, 0.3) is 0 Å².